The standard InChI is InChI=1S/C14H21N3O2/c1-11-9-16-6-3-12(11)17-13(18)14(10-19-2)4-7-15-8-5-14/h3,6,9,15H,4-5,7-8,10H2,1-2H3,(H,16,17,18). The van der Waals surface area contributed by atoms with E-state index in [1.807, 2.05) is 13.0 Å². The Kier molecular flexibility index (Phi) is 4.50. The lowest BCUT2D eigenvalue weighted by Gasteiger charge is -2.35. The van der Waals surface area contributed by atoms with Crippen LogP contribution in [0.15, 0.2) is 18.5 Å². The summed E-state index contributed by atoms with van der Waals surface area (Å²) < 4.78 is 5.27. The van der Waals surface area contributed by atoms with E-state index in [2.05, 4.69) is 15.6 Å². The van der Waals surface area contributed by atoms with Gasteiger partial charge in [-0.25, -0.2) is 0 Å². The number of nitrogens with one attached hydrogen (secondary N) is 2. The molecule has 1 amide bonds. The third-order valence-electron chi connectivity index (χ3n) is 3.73. The molecule has 1 saturated heterocycles. The van der Waals surface area contributed by atoms with E-state index in [1.54, 1.807) is 19.5 Å². The number of aryl methyl sites for hydroxylation is 1. The highest BCUT2D eigenvalue weighted by Gasteiger charge is 2.39. The number of ether oxygens (including phenoxy) is 1. The summed E-state index contributed by atoms with van der Waals surface area (Å²) in [5.74, 6) is 0.0464. The zero-order valence-corrected chi connectivity index (χ0v) is 11.5. The number of methoxy groups -OCH3 is 1. The van der Waals surface area contributed by atoms with Crippen LogP contribution >= 0.6 is 0 Å². The summed E-state index contributed by atoms with van der Waals surface area (Å²) in [6, 6.07) is 1.83. The van der Waals surface area contributed by atoms with Gasteiger partial charge in [-0.2, -0.15) is 0 Å². The molecule has 0 aliphatic carbocycles. The summed E-state index contributed by atoms with van der Waals surface area (Å²) in [5, 5.41) is 6.30. The highest BCUT2D eigenvalue weighted by molar-refractivity contribution is 5.96. The molecule has 1 aliphatic rings. The lowest BCUT2D eigenvalue weighted by molar-refractivity contribution is -0.130. The largest absolute Gasteiger partial charge is 0.384 e. The second-order valence-electron chi connectivity index (χ2n) is 5.11. The fraction of sp³-hybridized carbons (Fsp3) is 0.571. The molecule has 19 heavy (non-hydrogen) atoms. The first-order valence-electron chi connectivity index (χ1n) is 6.60. The molecular formula is C14H21N3O2. The molecule has 2 rings (SSSR count). The molecule has 0 aromatic carbocycles. The maximum Gasteiger partial charge on any atom is 0.233 e. The van der Waals surface area contributed by atoms with Crippen molar-refractivity contribution < 1.29 is 9.53 Å². The summed E-state index contributed by atoms with van der Waals surface area (Å²) in [7, 11) is 1.65. The Morgan fingerprint density at radius 2 is 2.26 bits per heavy atom. The Morgan fingerprint density at radius 3 is 2.89 bits per heavy atom. The molecule has 1 aliphatic heterocycles. The van der Waals surface area contributed by atoms with Crippen molar-refractivity contribution in [1.82, 2.24) is 10.3 Å². The number of carbonyl (C=O) groups is 1. The minimum atomic E-state index is -0.421. The van der Waals surface area contributed by atoms with Gasteiger partial charge in [0.05, 0.1) is 12.0 Å². The van der Waals surface area contributed by atoms with Crippen molar-refractivity contribution in [1.29, 1.82) is 0 Å². The first kappa shape index (κ1) is 14.0. The van der Waals surface area contributed by atoms with Crippen molar-refractivity contribution in [3.63, 3.8) is 0 Å². The van der Waals surface area contributed by atoms with Crippen LogP contribution in [0.2, 0.25) is 0 Å². The number of amides is 1. The maximum absolute atomic E-state index is 12.6. The molecule has 0 spiro atoms. The van der Waals surface area contributed by atoms with Gasteiger partial charge in [-0.3, -0.25) is 9.78 Å². The molecule has 104 valence electrons. The van der Waals surface area contributed by atoms with Gasteiger partial charge in [-0.15, -0.1) is 0 Å². The number of hydrogen-bond acceptors (Lipinski definition) is 4. The van der Waals surface area contributed by atoms with E-state index in [-0.39, 0.29) is 5.91 Å². The molecule has 0 unspecified atom stereocenters. The van der Waals surface area contributed by atoms with Gasteiger partial charge in [0.25, 0.3) is 0 Å². The van der Waals surface area contributed by atoms with Crippen molar-refractivity contribution in [2.24, 2.45) is 5.41 Å². The van der Waals surface area contributed by atoms with E-state index < -0.39 is 5.41 Å². The Labute approximate surface area is 113 Å². The predicted octanol–water partition coefficient (Wildman–Crippen LogP) is 1.34. The van der Waals surface area contributed by atoms with Gasteiger partial charge in [-0.05, 0) is 44.5 Å². The Bertz CT molecular complexity index is 437. The van der Waals surface area contributed by atoms with Gasteiger partial charge in [0.15, 0.2) is 0 Å². The first-order chi connectivity index (χ1) is 9.18. The molecule has 0 atom stereocenters. The second kappa shape index (κ2) is 6.12. The van der Waals surface area contributed by atoms with E-state index >= 15 is 0 Å². The number of anilines is 1. The Balaban J connectivity index is 2.14. The van der Waals surface area contributed by atoms with E-state index in [9.17, 15) is 4.79 Å². The summed E-state index contributed by atoms with van der Waals surface area (Å²) >= 11 is 0. The van der Waals surface area contributed by atoms with Crippen LogP contribution in [-0.4, -0.2) is 37.7 Å². The quantitative estimate of drug-likeness (QED) is 0.860. The molecule has 2 N–H and O–H groups in total. The fourth-order valence-corrected chi connectivity index (χ4v) is 2.49. The lowest BCUT2D eigenvalue weighted by Crippen LogP contribution is -2.47. The molecule has 1 fully saturated rings. The third kappa shape index (κ3) is 3.11. The van der Waals surface area contributed by atoms with E-state index in [4.69, 9.17) is 4.74 Å². The molecule has 0 bridgehead atoms. The summed E-state index contributed by atoms with van der Waals surface area (Å²) in [5.41, 5.74) is 1.38. The maximum atomic E-state index is 12.6. The number of rotatable bonds is 4. The predicted molar refractivity (Wildman–Crippen MR) is 74.0 cm³/mol. The van der Waals surface area contributed by atoms with Crippen LogP contribution < -0.4 is 10.6 Å². The van der Waals surface area contributed by atoms with Crippen LogP contribution in [0.1, 0.15) is 18.4 Å². The molecule has 5 nitrogen and oxygen atoms in total. The molecular weight excluding hydrogens is 242 g/mol. The highest BCUT2D eigenvalue weighted by Crippen LogP contribution is 2.31. The number of hydrogen-bond donors (Lipinski definition) is 2. The third-order valence-corrected chi connectivity index (χ3v) is 3.73. The van der Waals surface area contributed by atoms with Crippen molar-refractivity contribution >= 4 is 11.6 Å². The van der Waals surface area contributed by atoms with Crippen LogP contribution in [0.4, 0.5) is 5.69 Å². The summed E-state index contributed by atoms with van der Waals surface area (Å²) in [6.45, 7) is 4.11. The lowest BCUT2D eigenvalue weighted by atomic mass is 9.78. The van der Waals surface area contributed by atoms with Crippen LogP contribution in [0.5, 0.6) is 0 Å². The smallest absolute Gasteiger partial charge is 0.233 e. The molecule has 2 heterocycles. The topological polar surface area (TPSA) is 63.2 Å². The number of piperidine rings is 1. The van der Waals surface area contributed by atoms with Crippen molar-refractivity contribution in [3.05, 3.63) is 24.0 Å². The van der Waals surface area contributed by atoms with Gasteiger partial charge < -0.3 is 15.4 Å². The van der Waals surface area contributed by atoms with E-state index in [0.717, 1.165) is 37.2 Å². The first-order valence-corrected chi connectivity index (χ1v) is 6.60. The average Bonchev–Trinajstić information content (AvgIpc) is 2.42. The van der Waals surface area contributed by atoms with Gasteiger partial charge in [0.2, 0.25) is 5.91 Å². The minimum Gasteiger partial charge on any atom is -0.384 e. The van der Waals surface area contributed by atoms with Crippen molar-refractivity contribution in [2.45, 2.75) is 19.8 Å². The molecule has 1 aromatic heterocycles. The zero-order valence-electron chi connectivity index (χ0n) is 11.5. The van der Waals surface area contributed by atoms with Gasteiger partial charge in [-0.1, -0.05) is 0 Å². The molecule has 0 radical (unpaired) electrons. The fourth-order valence-electron chi connectivity index (χ4n) is 2.49. The normalized spacial score (nSPS) is 18.0. The monoisotopic (exact) mass is 263 g/mol. The average molecular weight is 263 g/mol. The number of aromatic nitrogens is 1. The number of nitrogens with zero attached hydrogens (tertiary/aromatic N) is 1. The zero-order chi connectivity index (χ0) is 13.7. The summed E-state index contributed by atoms with van der Waals surface area (Å²) in [6.07, 6.45) is 5.04. The highest BCUT2D eigenvalue weighted by atomic mass is 16.5. The molecule has 0 saturated carbocycles. The van der Waals surface area contributed by atoms with E-state index in [1.165, 1.54) is 0 Å². The molecule has 1 aromatic rings. The van der Waals surface area contributed by atoms with E-state index in [0.29, 0.717) is 6.61 Å². The SMILES string of the molecule is COCC1(C(=O)Nc2ccncc2C)CCNCC1. The van der Waals surface area contributed by atoms with Gasteiger partial charge in [0, 0.05) is 25.2 Å². The van der Waals surface area contributed by atoms with Crippen LogP contribution in [0, 0.1) is 12.3 Å². The van der Waals surface area contributed by atoms with Crippen molar-refractivity contribution in [3.8, 4) is 0 Å². The Morgan fingerprint density at radius 1 is 1.53 bits per heavy atom. The van der Waals surface area contributed by atoms with Crippen molar-refractivity contribution in [2.75, 3.05) is 32.1 Å². The Hall–Kier alpha value is -1.46. The van der Waals surface area contributed by atoms with Crippen LogP contribution in [0.25, 0.3) is 0 Å². The van der Waals surface area contributed by atoms with Gasteiger partial charge >= 0.3 is 0 Å². The minimum absolute atomic E-state index is 0.0464. The number of pyridine rings is 1. The molecule has 5 heteroatoms. The number of carbonyl (C=O) groups excluding carboxylic acids is 1. The second-order valence-corrected chi connectivity index (χ2v) is 5.11. The summed E-state index contributed by atoms with van der Waals surface area (Å²) in [4.78, 5) is 16.6. The van der Waals surface area contributed by atoms with Crippen LogP contribution in [-0.2, 0) is 9.53 Å². The van der Waals surface area contributed by atoms with Crippen LogP contribution in [0.3, 0.4) is 0 Å². The van der Waals surface area contributed by atoms with Gasteiger partial charge in [0.1, 0.15) is 0 Å².